The number of halogens is 1. The predicted octanol–water partition coefficient (Wildman–Crippen LogP) is 1.09. The third-order valence-electron chi connectivity index (χ3n) is 3.02. The largest absolute Gasteiger partial charge is 0.340 e. The number of hydrogen-bond acceptors (Lipinski definition) is 4. The standard InChI is InChI=1S/C14H18ClN5O/c1-19(8-11-3-2-4-12(15)7-11)14(21)10-20-9-13(5-6-16)17-18-20/h2-4,7,9H,5-6,8,10,16H2,1H3. The molecule has 7 heteroatoms. The minimum Gasteiger partial charge on any atom is -0.340 e. The van der Waals surface area contributed by atoms with Gasteiger partial charge in [0.05, 0.1) is 5.69 Å². The highest BCUT2D eigenvalue weighted by Gasteiger charge is 2.11. The summed E-state index contributed by atoms with van der Waals surface area (Å²) in [5.74, 6) is -0.0424. The maximum absolute atomic E-state index is 12.1. The number of likely N-dealkylation sites (N-methyl/N-ethyl adjacent to an activating group) is 1. The third-order valence-corrected chi connectivity index (χ3v) is 3.25. The summed E-state index contributed by atoms with van der Waals surface area (Å²) in [5.41, 5.74) is 7.24. The molecule has 1 amide bonds. The highest BCUT2D eigenvalue weighted by molar-refractivity contribution is 6.30. The molecule has 0 aliphatic rings. The molecule has 0 aliphatic carbocycles. The van der Waals surface area contributed by atoms with Crippen LogP contribution >= 0.6 is 11.6 Å². The number of amides is 1. The molecule has 2 N–H and O–H groups in total. The molecule has 1 aromatic heterocycles. The zero-order chi connectivity index (χ0) is 15.2. The first-order valence-electron chi connectivity index (χ1n) is 6.66. The van der Waals surface area contributed by atoms with E-state index < -0.39 is 0 Å². The van der Waals surface area contributed by atoms with Gasteiger partial charge in [-0.3, -0.25) is 4.79 Å². The van der Waals surface area contributed by atoms with Gasteiger partial charge in [-0.15, -0.1) is 5.10 Å². The predicted molar refractivity (Wildman–Crippen MR) is 80.7 cm³/mol. The maximum atomic E-state index is 12.1. The van der Waals surface area contributed by atoms with Crippen molar-refractivity contribution in [2.24, 2.45) is 5.73 Å². The van der Waals surface area contributed by atoms with Crippen molar-refractivity contribution in [3.8, 4) is 0 Å². The third kappa shape index (κ3) is 4.54. The summed E-state index contributed by atoms with van der Waals surface area (Å²) in [6, 6.07) is 7.46. The van der Waals surface area contributed by atoms with Crippen molar-refractivity contribution in [2.75, 3.05) is 13.6 Å². The van der Waals surface area contributed by atoms with E-state index in [1.807, 2.05) is 18.2 Å². The van der Waals surface area contributed by atoms with Gasteiger partial charge in [0.25, 0.3) is 0 Å². The van der Waals surface area contributed by atoms with Crippen molar-refractivity contribution in [3.63, 3.8) is 0 Å². The summed E-state index contributed by atoms with van der Waals surface area (Å²) < 4.78 is 1.53. The summed E-state index contributed by atoms with van der Waals surface area (Å²) in [4.78, 5) is 13.8. The molecule has 0 radical (unpaired) electrons. The van der Waals surface area contributed by atoms with Gasteiger partial charge in [-0.25, -0.2) is 4.68 Å². The average molecular weight is 308 g/mol. The fourth-order valence-corrected chi connectivity index (χ4v) is 2.15. The summed E-state index contributed by atoms with van der Waals surface area (Å²) in [6.07, 6.45) is 2.41. The Labute approximate surface area is 128 Å². The number of carbonyl (C=O) groups is 1. The van der Waals surface area contributed by atoms with Crippen molar-refractivity contribution in [1.29, 1.82) is 0 Å². The molecule has 6 nitrogen and oxygen atoms in total. The van der Waals surface area contributed by atoms with Crippen LogP contribution in [-0.2, 0) is 24.3 Å². The van der Waals surface area contributed by atoms with Crippen molar-refractivity contribution in [2.45, 2.75) is 19.5 Å². The van der Waals surface area contributed by atoms with Crippen LogP contribution in [0.5, 0.6) is 0 Å². The van der Waals surface area contributed by atoms with Gasteiger partial charge in [0.1, 0.15) is 6.54 Å². The fraction of sp³-hybridized carbons (Fsp3) is 0.357. The van der Waals surface area contributed by atoms with Crippen LogP contribution in [-0.4, -0.2) is 39.4 Å². The van der Waals surface area contributed by atoms with Gasteiger partial charge < -0.3 is 10.6 Å². The normalized spacial score (nSPS) is 10.6. The first kappa shape index (κ1) is 15.5. The Bertz CT molecular complexity index is 613. The molecule has 0 saturated heterocycles. The van der Waals surface area contributed by atoms with Crippen LogP contribution in [0.4, 0.5) is 0 Å². The number of aromatic nitrogens is 3. The van der Waals surface area contributed by atoms with Gasteiger partial charge in [0, 0.05) is 31.2 Å². The van der Waals surface area contributed by atoms with E-state index in [1.54, 1.807) is 24.2 Å². The zero-order valence-corrected chi connectivity index (χ0v) is 12.6. The van der Waals surface area contributed by atoms with E-state index in [0.29, 0.717) is 24.5 Å². The second kappa shape index (κ2) is 7.19. The van der Waals surface area contributed by atoms with Crippen LogP contribution in [0.25, 0.3) is 0 Å². The van der Waals surface area contributed by atoms with E-state index in [0.717, 1.165) is 11.3 Å². The molecule has 1 aromatic carbocycles. The Morgan fingerprint density at radius 2 is 2.29 bits per heavy atom. The maximum Gasteiger partial charge on any atom is 0.244 e. The first-order chi connectivity index (χ1) is 10.1. The number of benzene rings is 1. The number of rotatable bonds is 6. The second-order valence-electron chi connectivity index (χ2n) is 4.83. The average Bonchev–Trinajstić information content (AvgIpc) is 2.86. The van der Waals surface area contributed by atoms with Crippen LogP contribution in [0.15, 0.2) is 30.5 Å². The van der Waals surface area contributed by atoms with Crippen LogP contribution < -0.4 is 5.73 Å². The highest BCUT2D eigenvalue weighted by atomic mass is 35.5. The van der Waals surface area contributed by atoms with Gasteiger partial charge in [0.2, 0.25) is 5.91 Å². The molecule has 21 heavy (non-hydrogen) atoms. The molecule has 2 aromatic rings. The molecule has 0 aliphatic heterocycles. The van der Waals surface area contributed by atoms with Gasteiger partial charge in [-0.2, -0.15) is 0 Å². The van der Waals surface area contributed by atoms with Gasteiger partial charge in [-0.05, 0) is 24.2 Å². The Hall–Kier alpha value is -1.92. The van der Waals surface area contributed by atoms with E-state index in [2.05, 4.69) is 10.3 Å². The number of hydrogen-bond donors (Lipinski definition) is 1. The van der Waals surface area contributed by atoms with E-state index in [9.17, 15) is 4.79 Å². The topological polar surface area (TPSA) is 77.0 Å². The summed E-state index contributed by atoms with van der Waals surface area (Å²) in [7, 11) is 1.75. The van der Waals surface area contributed by atoms with Crippen molar-refractivity contribution in [1.82, 2.24) is 19.9 Å². The summed E-state index contributed by atoms with van der Waals surface area (Å²) in [6.45, 7) is 1.18. The van der Waals surface area contributed by atoms with Crippen LogP contribution in [0.3, 0.4) is 0 Å². The molecule has 0 atom stereocenters. The van der Waals surface area contributed by atoms with Crippen molar-refractivity contribution < 1.29 is 4.79 Å². The van der Waals surface area contributed by atoms with Gasteiger partial charge >= 0.3 is 0 Å². The van der Waals surface area contributed by atoms with Crippen LogP contribution in [0.2, 0.25) is 5.02 Å². The van der Waals surface area contributed by atoms with Gasteiger partial charge in [-0.1, -0.05) is 28.9 Å². The molecule has 0 unspecified atom stereocenters. The Balaban J connectivity index is 1.92. The van der Waals surface area contributed by atoms with Crippen molar-refractivity contribution in [3.05, 3.63) is 46.7 Å². The monoisotopic (exact) mass is 307 g/mol. The lowest BCUT2D eigenvalue weighted by Gasteiger charge is -2.17. The number of nitrogens with zero attached hydrogens (tertiary/aromatic N) is 4. The zero-order valence-electron chi connectivity index (χ0n) is 11.9. The molecule has 0 saturated carbocycles. The van der Waals surface area contributed by atoms with Crippen molar-refractivity contribution >= 4 is 17.5 Å². The lowest BCUT2D eigenvalue weighted by atomic mass is 10.2. The molecular weight excluding hydrogens is 290 g/mol. The van der Waals surface area contributed by atoms with E-state index in [1.165, 1.54) is 4.68 Å². The van der Waals surface area contributed by atoms with Crippen LogP contribution in [0.1, 0.15) is 11.3 Å². The lowest BCUT2D eigenvalue weighted by Crippen LogP contribution is -2.30. The summed E-state index contributed by atoms with van der Waals surface area (Å²) in [5, 5.41) is 8.54. The minimum absolute atomic E-state index is 0.0424. The Morgan fingerprint density at radius 1 is 1.48 bits per heavy atom. The Kier molecular flexibility index (Phi) is 5.30. The molecular formula is C14H18ClN5O. The Morgan fingerprint density at radius 3 is 3.00 bits per heavy atom. The smallest absolute Gasteiger partial charge is 0.244 e. The minimum atomic E-state index is -0.0424. The molecule has 1 heterocycles. The van der Waals surface area contributed by atoms with Gasteiger partial charge in [0.15, 0.2) is 0 Å². The molecule has 0 spiro atoms. The molecule has 0 fully saturated rings. The summed E-state index contributed by atoms with van der Waals surface area (Å²) >= 11 is 5.93. The SMILES string of the molecule is CN(Cc1cccc(Cl)c1)C(=O)Cn1cc(CCN)nn1. The highest BCUT2D eigenvalue weighted by Crippen LogP contribution is 2.12. The number of carbonyl (C=O) groups excluding carboxylic acids is 1. The van der Waals surface area contributed by atoms with E-state index >= 15 is 0 Å². The van der Waals surface area contributed by atoms with Crippen LogP contribution in [0, 0.1) is 0 Å². The molecule has 112 valence electrons. The first-order valence-corrected chi connectivity index (χ1v) is 7.04. The quantitative estimate of drug-likeness (QED) is 0.866. The lowest BCUT2D eigenvalue weighted by molar-refractivity contribution is -0.131. The second-order valence-corrected chi connectivity index (χ2v) is 5.26. The fourth-order valence-electron chi connectivity index (χ4n) is 1.93. The molecule has 2 rings (SSSR count). The molecule has 0 bridgehead atoms. The van der Waals surface area contributed by atoms with E-state index in [-0.39, 0.29) is 12.5 Å². The number of nitrogens with two attached hydrogens (primary N) is 1. The van der Waals surface area contributed by atoms with E-state index in [4.69, 9.17) is 17.3 Å².